The van der Waals surface area contributed by atoms with E-state index in [-0.39, 0.29) is 44.8 Å². The Morgan fingerprint density at radius 1 is 0.862 bits per heavy atom. The number of rotatable bonds is 18. The average molecular weight is 435 g/mol. The third-order valence-electron chi connectivity index (χ3n) is 3.67. The summed E-state index contributed by atoms with van der Waals surface area (Å²) in [4.78, 5) is 0.223. The van der Waals surface area contributed by atoms with Crippen molar-refractivity contribution in [3.63, 3.8) is 0 Å². The van der Waals surface area contributed by atoms with E-state index in [0.717, 1.165) is 5.56 Å². The van der Waals surface area contributed by atoms with Crippen LogP contribution in [0.5, 0.6) is 0 Å². The zero-order chi connectivity index (χ0) is 21.4. The van der Waals surface area contributed by atoms with Crippen LogP contribution in [-0.2, 0) is 38.4 Å². The lowest BCUT2D eigenvalue weighted by molar-refractivity contribution is -0.0530. The Hall–Kier alpha value is -1.11. The van der Waals surface area contributed by atoms with Crippen LogP contribution in [0.1, 0.15) is 5.56 Å². The molecule has 1 rings (SSSR count). The molecule has 167 valence electrons. The first-order valence-corrected chi connectivity index (χ1v) is 10.7. The highest BCUT2D eigenvalue weighted by Gasteiger charge is 2.24. The molecule has 0 N–H and O–H groups in total. The van der Waals surface area contributed by atoms with E-state index in [1.165, 1.54) is 10.4 Å². The van der Waals surface area contributed by atoms with Crippen molar-refractivity contribution >= 4 is 10.0 Å². The van der Waals surface area contributed by atoms with E-state index in [1.807, 2.05) is 0 Å². The first kappa shape index (κ1) is 25.9. The van der Waals surface area contributed by atoms with Gasteiger partial charge < -0.3 is 28.4 Å². The first-order chi connectivity index (χ1) is 14.0. The van der Waals surface area contributed by atoms with Crippen molar-refractivity contribution in [2.45, 2.75) is 11.8 Å². The summed E-state index contributed by atoms with van der Waals surface area (Å²) < 4.78 is 58.1. The normalized spacial score (nSPS) is 12.0. The Morgan fingerprint density at radius 3 is 1.86 bits per heavy atom. The Balaban J connectivity index is 2.56. The van der Waals surface area contributed by atoms with Gasteiger partial charge in [0, 0.05) is 27.3 Å². The highest BCUT2D eigenvalue weighted by molar-refractivity contribution is 7.89. The van der Waals surface area contributed by atoms with Crippen LogP contribution in [0.3, 0.4) is 0 Å². The molecule has 0 bridgehead atoms. The number of nitrogens with zero attached hydrogens (tertiary/aromatic N) is 1. The van der Waals surface area contributed by atoms with Gasteiger partial charge in [0.25, 0.3) is 0 Å². The second-order valence-electron chi connectivity index (χ2n) is 5.97. The summed E-state index contributed by atoms with van der Waals surface area (Å²) in [5.74, 6) is 0. The predicted octanol–water partition coefficient (Wildman–Crippen LogP) is 1.06. The maximum absolute atomic E-state index is 13.0. The highest BCUT2D eigenvalue weighted by atomic mass is 32.2. The molecule has 0 heterocycles. The van der Waals surface area contributed by atoms with Crippen LogP contribution in [0.15, 0.2) is 23.1 Å². The minimum absolute atomic E-state index is 0.194. The fraction of sp³-hybridized carbons (Fsp3) is 0.684. The molecule has 0 spiro atoms. The van der Waals surface area contributed by atoms with Gasteiger partial charge in [0.15, 0.2) is 0 Å². The number of aryl methyl sites for hydroxylation is 1. The van der Waals surface area contributed by atoms with Crippen LogP contribution in [0, 0.1) is 13.0 Å². The molecule has 0 aromatic heterocycles. The summed E-state index contributed by atoms with van der Waals surface area (Å²) in [7, 11) is -0.595. The molecule has 0 amide bonds. The zero-order valence-electron chi connectivity index (χ0n) is 17.4. The Bertz CT molecular complexity index is 623. The molecule has 0 fully saturated rings. The van der Waals surface area contributed by atoms with Crippen LogP contribution in [-0.4, -0.2) is 93.3 Å². The lowest BCUT2D eigenvalue weighted by atomic mass is 10.2. The van der Waals surface area contributed by atoms with Crippen molar-refractivity contribution in [2.75, 3.05) is 80.5 Å². The van der Waals surface area contributed by atoms with E-state index in [1.54, 1.807) is 33.3 Å². The molecule has 0 unspecified atom stereocenters. The molecule has 10 heteroatoms. The molecular weight excluding hydrogens is 402 g/mol. The predicted molar refractivity (Wildman–Crippen MR) is 106 cm³/mol. The summed E-state index contributed by atoms with van der Waals surface area (Å²) in [6, 6.07) is 7.69. The standard InChI is InChI=1S/C19H32NO8S/c1-18-5-4-6-19(15-18)29(21,22)20(7-9-25-11-13-27-16-23-2)8-10-26-12-14-28-17-24-3/h4,6,15H,7-14,16-17H2,1-3H3. The van der Waals surface area contributed by atoms with Gasteiger partial charge in [-0.15, -0.1) is 0 Å². The maximum Gasteiger partial charge on any atom is 0.243 e. The molecule has 1 radical (unpaired) electrons. The minimum atomic E-state index is -3.68. The van der Waals surface area contributed by atoms with Crippen LogP contribution >= 0.6 is 0 Å². The van der Waals surface area contributed by atoms with Crippen LogP contribution in [0.2, 0.25) is 0 Å². The van der Waals surface area contributed by atoms with Gasteiger partial charge in [-0.3, -0.25) is 0 Å². The number of ether oxygens (including phenoxy) is 6. The molecule has 0 saturated carbocycles. The van der Waals surface area contributed by atoms with Gasteiger partial charge in [0.1, 0.15) is 13.6 Å². The van der Waals surface area contributed by atoms with E-state index in [4.69, 9.17) is 28.4 Å². The smallest absolute Gasteiger partial charge is 0.243 e. The van der Waals surface area contributed by atoms with Gasteiger partial charge in [0.2, 0.25) is 10.0 Å². The molecule has 0 atom stereocenters. The Morgan fingerprint density at radius 2 is 1.38 bits per heavy atom. The Kier molecular flexibility index (Phi) is 14.0. The van der Waals surface area contributed by atoms with Crippen molar-refractivity contribution < 1.29 is 36.8 Å². The lowest BCUT2D eigenvalue weighted by Gasteiger charge is -2.22. The van der Waals surface area contributed by atoms with Gasteiger partial charge in [-0.25, -0.2) is 8.42 Å². The van der Waals surface area contributed by atoms with Gasteiger partial charge in [-0.1, -0.05) is 6.07 Å². The van der Waals surface area contributed by atoms with Gasteiger partial charge in [0.05, 0.1) is 44.5 Å². The summed E-state index contributed by atoms with van der Waals surface area (Å²) in [6.07, 6.45) is 0. The molecular formula is C19H32NO8S. The number of hydrogen-bond donors (Lipinski definition) is 0. The Labute approximate surface area is 173 Å². The number of sulfonamides is 1. The maximum atomic E-state index is 13.0. The lowest BCUT2D eigenvalue weighted by Crippen LogP contribution is -2.37. The van der Waals surface area contributed by atoms with Crippen molar-refractivity contribution in [1.82, 2.24) is 4.31 Å². The van der Waals surface area contributed by atoms with Crippen LogP contribution < -0.4 is 0 Å². The summed E-state index contributed by atoms with van der Waals surface area (Å²) in [6.45, 7) is 4.53. The van der Waals surface area contributed by atoms with Gasteiger partial charge in [-0.05, 0) is 30.7 Å². The van der Waals surface area contributed by atoms with Crippen molar-refractivity contribution in [3.8, 4) is 0 Å². The van der Waals surface area contributed by atoms with Gasteiger partial charge >= 0.3 is 0 Å². The monoisotopic (exact) mass is 434 g/mol. The number of hydrogen-bond acceptors (Lipinski definition) is 8. The zero-order valence-corrected chi connectivity index (χ0v) is 18.2. The quantitative estimate of drug-likeness (QED) is 0.250. The highest BCUT2D eigenvalue weighted by Crippen LogP contribution is 2.16. The summed E-state index contributed by atoms with van der Waals surface area (Å²) >= 11 is 0. The minimum Gasteiger partial charge on any atom is -0.378 e. The van der Waals surface area contributed by atoms with E-state index in [0.29, 0.717) is 26.4 Å². The van der Waals surface area contributed by atoms with Gasteiger partial charge in [-0.2, -0.15) is 4.31 Å². The van der Waals surface area contributed by atoms with E-state index < -0.39 is 10.0 Å². The number of benzene rings is 1. The SMILES string of the molecule is COCOCCOCCN(CCOCCOCOC)S(=O)(=O)c1cc[c]c(C)c1. The van der Waals surface area contributed by atoms with E-state index >= 15 is 0 Å². The van der Waals surface area contributed by atoms with Crippen molar-refractivity contribution in [1.29, 1.82) is 0 Å². The summed E-state index contributed by atoms with van der Waals surface area (Å²) in [5, 5.41) is 0. The number of methoxy groups -OCH3 is 2. The first-order valence-electron chi connectivity index (χ1n) is 9.29. The summed E-state index contributed by atoms with van der Waals surface area (Å²) in [5.41, 5.74) is 0.754. The molecule has 29 heavy (non-hydrogen) atoms. The topological polar surface area (TPSA) is 92.8 Å². The largest absolute Gasteiger partial charge is 0.378 e. The molecule has 0 aliphatic carbocycles. The molecule has 0 aliphatic heterocycles. The second kappa shape index (κ2) is 15.7. The van der Waals surface area contributed by atoms with Crippen LogP contribution in [0.25, 0.3) is 0 Å². The molecule has 1 aromatic rings. The fourth-order valence-electron chi connectivity index (χ4n) is 2.28. The third kappa shape index (κ3) is 11.0. The fourth-order valence-corrected chi connectivity index (χ4v) is 3.77. The van der Waals surface area contributed by atoms with E-state index in [2.05, 4.69) is 6.07 Å². The van der Waals surface area contributed by atoms with Crippen molar-refractivity contribution in [3.05, 3.63) is 29.8 Å². The van der Waals surface area contributed by atoms with E-state index in [9.17, 15) is 8.42 Å². The molecule has 0 aliphatic rings. The molecule has 9 nitrogen and oxygen atoms in total. The molecule has 0 saturated heterocycles. The van der Waals surface area contributed by atoms with Crippen molar-refractivity contribution in [2.24, 2.45) is 0 Å². The second-order valence-corrected chi connectivity index (χ2v) is 7.90. The average Bonchev–Trinajstić information content (AvgIpc) is 2.70. The van der Waals surface area contributed by atoms with Crippen LogP contribution in [0.4, 0.5) is 0 Å². The third-order valence-corrected chi connectivity index (χ3v) is 5.57. The molecule has 1 aromatic carbocycles.